The first kappa shape index (κ1) is 24.6. The summed E-state index contributed by atoms with van der Waals surface area (Å²) in [4.78, 5) is 1.10. The van der Waals surface area contributed by atoms with Crippen LogP contribution < -0.4 is 0 Å². The zero-order valence-corrected chi connectivity index (χ0v) is 24.8. The molecule has 5 rings (SSSR count). The van der Waals surface area contributed by atoms with Crippen molar-refractivity contribution in [2.24, 2.45) is 63.6 Å². The molecule has 0 aromatic heterocycles. The third-order valence-electron chi connectivity index (χ3n) is 12.9. The van der Waals surface area contributed by atoms with E-state index in [9.17, 15) is 0 Å². The highest BCUT2D eigenvalue weighted by Crippen LogP contribution is 2.82. The Morgan fingerprint density at radius 2 is 1.59 bits per heavy atom. The average molecular weight is 573 g/mol. The van der Waals surface area contributed by atoms with E-state index < -0.39 is 0 Å². The molecule has 0 saturated heterocycles. The smallest absolute Gasteiger partial charge is 0.0638 e. The molecular formula is C29H48Br2O. The highest BCUT2D eigenvalue weighted by Gasteiger charge is 2.77. The van der Waals surface area contributed by atoms with Crippen molar-refractivity contribution in [3.05, 3.63) is 0 Å². The Labute approximate surface area is 215 Å². The Morgan fingerprint density at radius 3 is 2.22 bits per heavy atom. The molecule has 5 aliphatic carbocycles. The van der Waals surface area contributed by atoms with E-state index in [2.05, 4.69) is 73.4 Å². The number of rotatable bonds is 6. The largest absolute Gasteiger partial charge is 0.381 e. The van der Waals surface area contributed by atoms with Gasteiger partial charge in [-0.1, -0.05) is 73.4 Å². The van der Waals surface area contributed by atoms with Crippen molar-refractivity contribution in [3.8, 4) is 0 Å². The Morgan fingerprint density at radius 1 is 0.875 bits per heavy atom. The number of hydrogen-bond donors (Lipinski definition) is 0. The maximum atomic E-state index is 6.32. The second kappa shape index (κ2) is 8.22. The predicted octanol–water partition coefficient (Wildman–Crippen LogP) is 8.73. The van der Waals surface area contributed by atoms with Gasteiger partial charge in [0.25, 0.3) is 0 Å². The molecule has 0 bridgehead atoms. The summed E-state index contributed by atoms with van der Waals surface area (Å²) in [6.07, 6.45) is 12.2. The maximum Gasteiger partial charge on any atom is 0.0638 e. The molecule has 0 radical (unpaired) electrons. The highest BCUT2D eigenvalue weighted by atomic mass is 79.9. The molecule has 0 heterocycles. The van der Waals surface area contributed by atoms with Gasteiger partial charge < -0.3 is 4.74 Å². The molecule has 184 valence electrons. The molecular weight excluding hydrogens is 524 g/mol. The molecule has 0 N–H and O–H groups in total. The molecule has 0 aromatic rings. The van der Waals surface area contributed by atoms with Gasteiger partial charge in [0.2, 0.25) is 0 Å². The Balaban J connectivity index is 1.38. The van der Waals surface area contributed by atoms with Crippen LogP contribution in [0, 0.1) is 63.6 Å². The summed E-state index contributed by atoms with van der Waals surface area (Å²) in [6, 6.07) is 0. The summed E-state index contributed by atoms with van der Waals surface area (Å²) in [7, 11) is 2.02. The third kappa shape index (κ3) is 3.14. The molecule has 0 aliphatic heterocycles. The zero-order valence-electron chi connectivity index (χ0n) is 21.7. The number of halogens is 2. The van der Waals surface area contributed by atoms with E-state index in [1.165, 1.54) is 51.4 Å². The normalized spacial score (nSPS) is 53.1. The highest BCUT2D eigenvalue weighted by molar-refractivity contribution is 9.12. The van der Waals surface area contributed by atoms with Crippen molar-refractivity contribution >= 4 is 31.9 Å². The van der Waals surface area contributed by atoms with Gasteiger partial charge >= 0.3 is 0 Å². The van der Waals surface area contributed by atoms with Crippen LogP contribution in [-0.4, -0.2) is 22.9 Å². The third-order valence-corrected chi connectivity index (χ3v) is 16.4. The lowest BCUT2D eigenvalue weighted by atomic mass is 9.45. The van der Waals surface area contributed by atoms with Gasteiger partial charge in [-0.3, -0.25) is 0 Å². The predicted molar refractivity (Wildman–Crippen MR) is 142 cm³/mol. The molecule has 13 atom stereocenters. The molecule has 5 fully saturated rings. The van der Waals surface area contributed by atoms with Crippen LogP contribution >= 0.6 is 31.9 Å². The molecule has 1 nitrogen and oxygen atoms in total. The number of methoxy groups -OCH3 is 1. The molecule has 0 amide bonds. The van der Waals surface area contributed by atoms with Gasteiger partial charge in [-0.05, 0) is 110 Å². The van der Waals surface area contributed by atoms with Crippen molar-refractivity contribution in [1.29, 1.82) is 0 Å². The Kier molecular flexibility index (Phi) is 6.32. The van der Waals surface area contributed by atoms with Crippen molar-refractivity contribution in [2.75, 3.05) is 7.11 Å². The topological polar surface area (TPSA) is 9.23 Å². The summed E-state index contributed by atoms with van der Waals surface area (Å²) >= 11 is 8.33. The van der Waals surface area contributed by atoms with Gasteiger partial charge in [-0.2, -0.15) is 0 Å². The molecule has 5 saturated carbocycles. The van der Waals surface area contributed by atoms with Gasteiger partial charge in [0.15, 0.2) is 0 Å². The number of fused-ring (bicyclic) bond motifs is 4. The molecule has 5 aliphatic rings. The average Bonchev–Trinajstić information content (AvgIpc) is 3.28. The van der Waals surface area contributed by atoms with E-state index in [0.717, 1.165) is 35.5 Å². The van der Waals surface area contributed by atoms with Crippen LogP contribution in [0.15, 0.2) is 0 Å². The minimum Gasteiger partial charge on any atom is -0.381 e. The fourth-order valence-electron chi connectivity index (χ4n) is 10.7. The first-order chi connectivity index (χ1) is 15.0. The van der Waals surface area contributed by atoms with E-state index in [-0.39, 0.29) is 0 Å². The van der Waals surface area contributed by atoms with Crippen molar-refractivity contribution < 1.29 is 4.74 Å². The summed E-state index contributed by atoms with van der Waals surface area (Å²) in [5.74, 6) is 6.72. The Bertz CT molecular complexity index is 724. The first-order valence-corrected chi connectivity index (χ1v) is 15.7. The Hall–Kier alpha value is 0.920. The van der Waals surface area contributed by atoms with Crippen molar-refractivity contribution in [2.45, 2.75) is 109 Å². The SMILES string of the molecule is CO[C@@H]1C[C@H]2[C@@H]3CC[C@H]([C@H](C)C(Br)C(Br)[C@H](C)C(C)C)[C@@]3(C)CC[C@@H]2[C@@]2(C)CC[C@@H]3C[C@]312. The fourth-order valence-corrected chi connectivity index (χ4v) is 12.6. The number of alkyl halides is 2. The van der Waals surface area contributed by atoms with Gasteiger partial charge in [-0.15, -0.1) is 0 Å². The second-order valence-corrected chi connectivity index (χ2v) is 15.9. The standard InChI is InChI=1S/C29H48Br2O/c1-16(2)17(3)25(30)26(31)18(4)21-8-9-22-20-14-24(32-7)29-15-19(29)10-13-28(29,6)23(20)11-12-27(21,22)5/h16-26H,8-15H2,1-7H3/t17-,18+,19-,20+,21-,22+,23+,24-,25?,26?,27-,28-,29+/m1/s1. The summed E-state index contributed by atoms with van der Waals surface area (Å²) in [6.45, 7) is 15.1. The molecule has 0 aromatic carbocycles. The molecule has 1 spiro atoms. The van der Waals surface area contributed by atoms with E-state index >= 15 is 0 Å². The van der Waals surface area contributed by atoms with E-state index in [4.69, 9.17) is 4.74 Å². The van der Waals surface area contributed by atoms with Crippen LogP contribution in [0.5, 0.6) is 0 Å². The van der Waals surface area contributed by atoms with Gasteiger partial charge in [0.1, 0.15) is 0 Å². The van der Waals surface area contributed by atoms with Crippen LogP contribution in [0.2, 0.25) is 0 Å². The van der Waals surface area contributed by atoms with Crippen molar-refractivity contribution in [1.82, 2.24) is 0 Å². The second-order valence-electron chi connectivity index (χ2n) is 13.8. The summed E-state index contributed by atoms with van der Waals surface area (Å²) in [5, 5.41) is 0. The number of ether oxygens (including phenoxy) is 1. The minimum absolute atomic E-state index is 0.515. The fraction of sp³-hybridized carbons (Fsp3) is 1.00. The van der Waals surface area contributed by atoms with E-state index in [1.54, 1.807) is 0 Å². The maximum absolute atomic E-state index is 6.32. The van der Waals surface area contributed by atoms with Crippen LogP contribution in [0.4, 0.5) is 0 Å². The minimum atomic E-state index is 0.515. The molecule has 2 unspecified atom stereocenters. The summed E-state index contributed by atoms with van der Waals surface area (Å²) in [5.41, 5.74) is 1.62. The van der Waals surface area contributed by atoms with Crippen LogP contribution in [-0.2, 0) is 4.74 Å². The van der Waals surface area contributed by atoms with E-state index in [1.807, 2.05) is 7.11 Å². The van der Waals surface area contributed by atoms with Crippen molar-refractivity contribution in [3.63, 3.8) is 0 Å². The lowest BCUT2D eigenvalue weighted by Gasteiger charge is -2.61. The van der Waals surface area contributed by atoms with Crippen LogP contribution in [0.25, 0.3) is 0 Å². The molecule has 32 heavy (non-hydrogen) atoms. The van der Waals surface area contributed by atoms with Crippen LogP contribution in [0.3, 0.4) is 0 Å². The lowest BCUT2D eigenvalue weighted by Crippen LogP contribution is -2.57. The zero-order chi connectivity index (χ0) is 23.2. The number of hydrogen-bond acceptors (Lipinski definition) is 1. The lowest BCUT2D eigenvalue weighted by molar-refractivity contribution is -0.161. The van der Waals surface area contributed by atoms with Gasteiger partial charge in [-0.25, -0.2) is 0 Å². The summed E-state index contributed by atoms with van der Waals surface area (Å²) < 4.78 is 6.32. The van der Waals surface area contributed by atoms with Gasteiger partial charge in [0.05, 0.1) is 6.10 Å². The first-order valence-electron chi connectivity index (χ1n) is 13.8. The van der Waals surface area contributed by atoms with E-state index in [0.29, 0.717) is 43.8 Å². The molecule has 3 heteroatoms. The van der Waals surface area contributed by atoms with Gasteiger partial charge in [0, 0.05) is 22.2 Å². The quantitative estimate of drug-likeness (QED) is 0.289. The van der Waals surface area contributed by atoms with Crippen LogP contribution in [0.1, 0.15) is 92.9 Å². The monoisotopic (exact) mass is 570 g/mol.